The van der Waals surface area contributed by atoms with Gasteiger partial charge in [-0.05, 0) is 42.5 Å². The van der Waals surface area contributed by atoms with Gasteiger partial charge in [-0.25, -0.2) is 0 Å². The summed E-state index contributed by atoms with van der Waals surface area (Å²) in [5.41, 5.74) is 1.90. The lowest BCUT2D eigenvalue weighted by atomic mass is 10.2. The molecule has 2 nitrogen and oxygen atoms in total. The van der Waals surface area contributed by atoms with Crippen LogP contribution in [-0.2, 0) is 6.54 Å². The van der Waals surface area contributed by atoms with Crippen molar-refractivity contribution in [3.63, 3.8) is 0 Å². The van der Waals surface area contributed by atoms with Gasteiger partial charge in [0, 0.05) is 16.3 Å². The predicted molar refractivity (Wildman–Crippen MR) is 87.9 cm³/mol. The Kier molecular flexibility index (Phi) is 4.18. The topological polar surface area (TPSA) is 25.2 Å². The monoisotopic (exact) mass is 317 g/mol. The SMILES string of the molecule is Clc1ccc(-c2ccc(CNc3ccccc3)o2)c(Cl)c1. The number of nitrogens with one attached hydrogen (secondary N) is 1. The van der Waals surface area contributed by atoms with Gasteiger partial charge in [-0.1, -0.05) is 41.4 Å². The molecular weight excluding hydrogens is 305 g/mol. The number of halogens is 2. The van der Waals surface area contributed by atoms with E-state index in [9.17, 15) is 0 Å². The van der Waals surface area contributed by atoms with Crippen LogP contribution >= 0.6 is 23.2 Å². The van der Waals surface area contributed by atoms with E-state index in [2.05, 4.69) is 5.32 Å². The van der Waals surface area contributed by atoms with E-state index in [0.29, 0.717) is 16.6 Å². The molecule has 1 aromatic heterocycles. The highest BCUT2D eigenvalue weighted by molar-refractivity contribution is 6.36. The zero-order valence-corrected chi connectivity index (χ0v) is 12.7. The van der Waals surface area contributed by atoms with Crippen molar-refractivity contribution in [1.29, 1.82) is 0 Å². The molecule has 1 heterocycles. The van der Waals surface area contributed by atoms with Crippen molar-refractivity contribution >= 4 is 28.9 Å². The molecule has 3 aromatic rings. The molecule has 0 fully saturated rings. The molecule has 0 aliphatic carbocycles. The minimum absolute atomic E-state index is 0.583. The predicted octanol–water partition coefficient (Wildman–Crippen LogP) is 5.87. The van der Waals surface area contributed by atoms with E-state index in [0.717, 1.165) is 22.8 Å². The van der Waals surface area contributed by atoms with Crippen molar-refractivity contribution in [2.24, 2.45) is 0 Å². The number of anilines is 1. The first kappa shape index (κ1) is 14.1. The van der Waals surface area contributed by atoms with Crippen LogP contribution in [0.25, 0.3) is 11.3 Å². The minimum atomic E-state index is 0.583. The Bertz CT molecular complexity index is 738. The average molecular weight is 318 g/mol. The standard InChI is InChI=1S/C17H13Cl2NO/c18-12-6-8-15(16(19)10-12)17-9-7-14(21-17)11-20-13-4-2-1-3-5-13/h1-10,20H,11H2. The van der Waals surface area contributed by atoms with Gasteiger partial charge in [0.2, 0.25) is 0 Å². The number of hydrogen-bond donors (Lipinski definition) is 1. The zero-order chi connectivity index (χ0) is 14.7. The van der Waals surface area contributed by atoms with Crippen LogP contribution in [0.2, 0.25) is 10.0 Å². The summed E-state index contributed by atoms with van der Waals surface area (Å²) in [5.74, 6) is 1.58. The first-order valence-electron chi connectivity index (χ1n) is 6.55. The second kappa shape index (κ2) is 6.25. The van der Waals surface area contributed by atoms with Gasteiger partial charge in [-0.3, -0.25) is 0 Å². The van der Waals surface area contributed by atoms with Crippen LogP contribution in [0, 0.1) is 0 Å². The highest BCUT2D eigenvalue weighted by Gasteiger charge is 2.09. The van der Waals surface area contributed by atoms with E-state index < -0.39 is 0 Å². The van der Waals surface area contributed by atoms with Crippen LogP contribution < -0.4 is 5.32 Å². The molecule has 0 aliphatic rings. The molecule has 0 aliphatic heterocycles. The fourth-order valence-electron chi connectivity index (χ4n) is 2.05. The van der Waals surface area contributed by atoms with Crippen LogP contribution in [0.15, 0.2) is 65.1 Å². The Balaban J connectivity index is 1.74. The third-order valence-electron chi connectivity index (χ3n) is 3.10. The first-order chi connectivity index (χ1) is 10.2. The molecule has 0 bridgehead atoms. The Labute approximate surface area is 133 Å². The van der Waals surface area contributed by atoms with E-state index in [1.165, 1.54) is 0 Å². The van der Waals surface area contributed by atoms with Gasteiger partial charge in [0.25, 0.3) is 0 Å². The second-order valence-corrected chi connectivity index (χ2v) is 5.45. The Morgan fingerprint density at radius 3 is 2.48 bits per heavy atom. The van der Waals surface area contributed by atoms with Crippen molar-refractivity contribution in [2.45, 2.75) is 6.54 Å². The van der Waals surface area contributed by atoms with E-state index in [1.54, 1.807) is 12.1 Å². The molecule has 3 rings (SSSR count). The molecule has 0 radical (unpaired) electrons. The Morgan fingerprint density at radius 2 is 1.71 bits per heavy atom. The number of rotatable bonds is 4. The fraction of sp³-hybridized carbons (Fsp3) is 0.0588. The molecule has 0 amide bonds. The summed E-state index contributed by atoms with van der Waals surface area (Å²) in [6.07, 6.45) is 0. The summed E-state index contributed by atoms with van der Waals surface area (Å²) in [5, 5.41) is 4.50. The molecule has 0 saturated heterocycles. The summed E-state index contributed by atoms with van der Waals surface area (Å²) < 4.78 is 5.82. The lowest BCUT2D eigenvalue weighted by Crippen LogP contribution is -1.97. The maximum Gasteiger partial charge on any atom is 0.135 e. The molecule has 1 N–H and O–H groups in total. The molecule has 0 atom stereocenters. The lowest BCUT2D eigenvalue weighted by molar-refractivity contribution is 0.531. The Hall–Kier alpha value is -1.90. The summed E-state index contributed by atoms with van der Waals surface area (Å²) in [7, 11) is 0. The molecule has 0 spiro atoms. The first-order valence-corrected chi connectivity index (χ1v) is 7.31. The number of hydrogen-bond acceptors (Lipinski definition) is 2. The van der Waals surface area contributed by atoms with Crippen molar-refractivity contribution in [3.05, 3.63) is 76.5 Å². The summed E-state index contributed by atoms with van der Waals surface area (Å²) in [6.45, 7) is 0.620. The summed E-state index contributed by atoms with van der Waals surface area (Å²) in [4.78, 5) is 0. The maximum atomic E-state index is 6.19. The van der Waals surface area contributed by atoms with Gasteiger partial charge >= 0.3 is 0 Å². The number of furan rings is 1. The van der Waals surface area contributed by atoms with Crippen molar-refractivity contribution in [3.8, 4) is 11.3 Å². The molecule has 21 heavy (non-hydrogen) atoms. The Morgan fingerprint density at radius 1 is 0.905 bits per heavy atom. The highest BCUT2D eigenvalue weighted by atomic mass is 35.5. The van der Waals surface area contributed by atoms with E-state index in [1.807, 2.05) is 48.5 Å². The molecule has 2 aromatic carbocycles. The average Bonchev–Trinajstić information content (AvgIpc) is 2.95. The third-order valence-corrected chi connectivity index (χ3v) is 3.65. The van der Waals surface area contributed by atoms with E-state index in [4.69, 9.17) is 27.6 Å². The van der Waals surface area contributed by atoms with E-state index >= 15 is 0 Å². The van der Waals surface area contributed by atoms with Crippen LogP contribution in [0.3, 0.4) is 0 Å². The van der Waals surface area contributed by atoms with Crippen molar-refractivity contribution < 1.29 is 4.42 Å². The molecule has 0 saturated carbocycles. The zero-order valence-electron chi connectivity index (χ0n) is 11.1. The lowest BCUT2D eigenvalue weighted by Gasteiger charge is -2.04. The maximum absolute atomic E-state index is 6.19. The summed E-state index contributed by atoms with van der Waals surface area (Å²) in [6, 6.07) is 19.2. The normalized spacial score (nSPS) is 10.6. The largest absolute Gasteiger partial charge is 0.459 e. The molecular formula is C17H13Cl2NO. The molecule has 0 unspecified atom stereocenters. The van der Waals surface area contributed by atoms with Crippen LogP contribution in [0.5, 0.6) is 0 Å². The van der Waals surface area contributed by atoms with Gasteiger partial charge in [0.1, 0.15) is 11.5 Å². The van der Waals surface area contributed by atoms with Crippen molar-refractivity contribution in [2.75, 3.05) is 5.32 Å². The molecule has 106 valence electrons. The highest BCUT2D eigenvalue weighted by Crippen LogP contribution is 2.31. The van der Waals surface area contributed by atoms with Gasteiger partial charge in [0.05, 0.1) is 11.6 Å². The van der Waals surface area contributed by atoms with Gasteiger partial charge in [-0.2, -0.15) is 0 Å². The number of benzene rings is 2. The van der Waals surface area contributed by atoms with Crippen LogP contribution in [0.1, 0.15) is 5.76 Å². The van der Waals surface area contributed by atoms with Crippen LogP contribution in [-0.4, -0.2) is 0 Å². The fourth-order valence-corrected chi connectivity index (χ4v) is 2.55. The van der Waals surface area contributed by atoms with Gasteiger partial charge < -0.3 is 9.73 Å². The van der Waals surface area contributed by atoms with Gasteiger partial charge in [-0.15, -0.1) is 0 Å². The third kappa shape index (κ3) is 3.41. The molecule has 4 heteroatoms. The number of para-hydroxylation sites is 1. The van der Waals surface area contributed by atoms with Gasteiger partial charge in [0.15, 0.2) is 0 Å². The van der Waals surface area contributed by atoms with Crippen molar-refractivity contribution in [1.82, 2.24) is 0 Å². The smallest absolute Gasteiger partial charge is 0.135 e. The summed E-state index contributed by atoms with van der Waals surface area (Å²) >= 11 is 12.1. The van der Waals surface area contributed by atoms with Crippen LogP contribution in [0.4, 0.5) is 5.69 Å². The van der Waals surface area contributed by atoms with E-state index in [-0.39, 0.29) is 0 Å². The minimum Gasteiger partial charge on any atom is -0.459 e. The second-order valence-electron chi connectivity index (χ2n) is 4.61. The quantitative estimate of drug-likeness (QED) is 0.651.